The summed E-state index contributed by atoms with van der Waals surface area (Å²) in [4.78, 5) is 21.3. The van der Waals surface area contributed by atoms with E-state index in [1.165, 1.54) is 19.2 Å². The molecule has 1 N–H and O–H groups in total. The largest absolute Gasteiger partial charge is 0.489 e. The van der Waals surface area contributed by atoms with Crippen molar-refractivity contribution < 1.29 is 14.5 Å². The van der Waals surface area contributed by atoms with Crippen molar-refractivity contribution in [2.45, 2.75) is 13.3 Å². The van der Waals surface area contributed by atoms with E-state index in [1.807, 2.05) is 0 Å². The van der Waals surface area contributed by atoms with Crippen LogP contribution in [0.15, 0.2) is 18.2 Å². The lowest BCUT2D eigenvalue weighted by molar-refractivity contribution is -0.385. The molecule has 0 atom stereocenters. The molecule has 1 aromatic carbocycles. The number of nitrogens with zero attached hydrogens (tertiary/aromatic N) is 1. The average molecular weight is 224 g/mol. The molecule has 0 heterocycles. The normalized spacial score (nSPS) is 9.62. The molecule has 6 nitrogen and oxygen atoms in total. The molecule has 0 saturated heterocycles. The summed E-state index contributed by atoms with van der Waals surface area (Å²) >= 11 is 0. The number of nitro groups is 1. The smallest absolute Gasteiger partial charge is 0.313 e. The maximum atomic E-state index is 11.2. The fraction of sp³-hybridized carbons (Fsp3) is 0.300. The molecule has 1 rings (SSSR count). The van der Waals surface area contributed by atoms with Crippen LogP contribution in [0, 0.1) is 10.1 Å². The Hall–Kier alpha value is -2.11. The second-order valence-electron chi connectivity index (χ2n) is 3.02. The Morgan fingerprint density at radius 1 is 1.56 bits per heavy atom. The molecular formula is C10H12N2O4. The van der Waals surface area contributed by atoms with Crippen LogP contribution in [0.25, 0.3) is 0 Å². The number of nitrogens with one attached hydrogen (secondary N) is 1. The van der Waals surface area contributed by atoms with Crippen molar-refractivity contribution in [1.82, 2.24) is 0 Å². The van der Waals surface area contributed by atoms with Gasteiger partial charge in [-0.05, 0) is 6.07 Å². The lowest BCUT2D eigenvalue weighted by Gasteiger charge is -2.09. The van der Waals surface area contributed by atoms with Crippen LogP contribution in [0.5, 0.6) is 5.75 Å². The summed E-state index contributed by atoms with van der Waals surface area (Å²) in [6, 6.07) is 4.37. The predicted octanol–water partition coefficient (Wildman–Crippen LogP) is 1.95. The second-order valence-corrected chi connectivity index (χ2v) is 3.02. The van der Waals surface area contributed by atoms with E-state index >= 15 is 0 Å². The maximum Gasteiger partial charge on any atom is 0.313 e. The van der Waals surface area contributed by atoms with Crippen molar-refractivity contribution in [1.29, 1.82) is 0 Å². The number of hydrogen-bond acceptors (Lipinski definition) is 4. The van der Waals surface area contributed by atoms with Gasteiger partial charge in [0.25, 0.3) is 0 Å². The summed E-state index contributed by atoms with van der Waals surface area (Å²) in [6.07, 6.45) is 0.297. The molecule has 0 bridgehead atoms. The first-order valence-electron chi connectivity index (χ1n) is 4.71. The third-order valence-corrected chi connectivity index (χ3v) is 1.99. The average Bonchev–Trinajstić information content (AvgIpc) is 2.28. The van der Waals surface area contributed by atoms with Gasteiger partial charge >= 0.3 is 5.69 Å². The molecule has 16 heavy (non-hydrogen) atoms. The van der Waals surface area contributed by atoms with E-state index in [4.69, 9.17) is 4.74 Å². The van der Waals surface area contributed by atoms with Gasteiger partial charge in [0.05, 0.1) is 17.7 Å². The van der Waals surface area contributed by atoms with Gasteiger partial charge in [-0.2, -0.15) is 0 Å². The molecular weight excluding hydrogens is 212 g/mol. The monoisotopic (exact) mass is 224 g/mol. The van der Waals surface area contributed by atoms with Crippen LogP contribution in [0.3, 0.4) is 0 Å². The fourth-order valence-electron chi connectivity index (χ4n) is 1.22. The quantitative estimate of drug-likeness (QED) is 0.626. The van der Waals surface area contributed by atoms with Crippen molar-refractivity contribution in [3.05, 3.63) is 28.3 Å². The van der Waals surface area contributed by atoms with Crippen LogP contribution < -0.4 is 10.1 Å². The van der Waals surface area contributed by atoms with E-state index in [0.29, 0.717) is 12.1 Å². The highest BCUT2D eigenvalue weighted by molar-refractivity contribution is 5.92. The first kappa shape index (κ1) is 12.0. The highest BCUT2D eigenvalue weighted by Gasteiger charge is 2.18. The van der Waals surface area contributed by atoms with Gasteiger partial charge in [0.2, 0.25) is 11.7 Å². The molecule has 0 aromatic heterocycles. The van der Waals surface area contributed by atoms with E-state index < -0.39 is 4.92 Å². The van der Waals surface area contributed by atoms with Crippen LogP contribution in [-0.4, -0.2) is 17.9 Å². The lowest BCUT2D eigenvalue weighted by atomic mass is 10.2. The zero-order chi connectivity index (χ0) is 12.1. The van der Waals surface area contributed by atoms with Gasteiger partial charge < -0.3 is 10.1 Å². The Morgan fingerprint density at radius 3 is 2.75 bits per heavy atom. The van der Waals surface area contributed by atoms with Crippen molar-refractivity contribution in [2.75, 3.05) is 12.4 Å². The van der Waals surface area contributed by atoms with Gasteiger partial charge in [-0.15, -0.1) is 0 Å². The first-order chi connectivity index (χ1) is 7.60. The number of rotatable bonds is 4. The second kappa shape index (κ2) is 5.11. The SMILES string of the molecule is CCC(=O)Nc1cccc([N+](=O)[O-])c1OC. The summed E-state index contributed by atoms with van der Waals surface area (Å²) in [5.41, 5.74) is 0.139. The van der Waals surface area contributed by atoms with Gasteiger partial charge in [0.1, 0.15) is 0 Å². The predicted molar refractivity (Wildman–Crippen MR) is 58.6 cm³/mol. The lowest BCUT2D eigenvalue weighted by Crippen LogP contribution is -2.11. The number of para-hydroxylation sites is 1. The highest BCUT2D eigenvalue weighted by atomic mass is 16.6. The van der Waals surface area contributed by atoms with Crippen LogP contribution in [0.4, 0.5) is 11.4 Å². The van der Waals surface area contributed by atoms with Crippen molar-refractivity contribution >= 4 is 17.3 Å². The van der Waals surface area contributed by atoms with Crippen LogP contribution in [0.1, 0.15) is 13.3 Å². The molecule has 0 radical (unpaired) electrons. The number of anilines is 1. The van der Waals surface area contributed by atoms with Crippen LogP contribution >= 0.6 is 0 Å². The number of carbonyl (C=O) groups is 1. The standard InChI is InChI=1S/C10H12N2O4/c1-3-9(13)11-7-5-4-6-8(12(14)15)10(7)16-2/h4-6H,3H2,1-2H3,(H,11,13). The highest BCUT2D eigenvalue weighted by Crippen LogP contribution is 2.34. The minimum atomic E-state index is -0.555. The van der Waals surface area contributed by atoms with Crippen molar-refractivity contribution in [3.63, 3.8) is 0 Å². The Bertz CT molecular complexity index is 417. The fourth-order valence-corrected chi connectivity index (χ4v) is 1.22. The van der Waals surface area contributed by atoms with Gasteiger partial charge in [0.15, 0.2) is 0 Å². The topological polar surface area (TPSA) is 81.5 Å². The Morgan fingerprint density at radius 2 is 2.25 bits per heavy atom. The van der Waals surface area contributed by atoms with Gasteiger partial charge in [-0.3, -0.25) is 14.9 Å². The molecule has 1 aromatic rings. The molecule has 6 heteroatoms. The number of benzene rings is 1. The number of ether oxygens (including phenoxy) is 1. The third kappa shape index (κ3) is 2.47. The molecule has 86 valence electrons. The maximum absolute atomic E-state index is 11.2. The molecule has 0 aliphatic heterocycles. The van der Waals surface area contributed by atoms with Gasteiger partial charge in [0, 0.05) is 12.5 Å². The Balaban J connectivity index is 3.13. The first-order valence-corrected chi connectivity index (χ1v) is 4.71. The van der Waals surface area contributed by atoms with Gasteiger partial charge in [-0.1, -0.05) is 13.0 Å². The van der Waals surface area contributed by atoms with Crippen molar-refractivity contribution in [2.24, 2.45) is 0 Å². The zero-order valence-corrected chi connectivity index (χ0v) is 9.02. The molecule has 0 saturated carbocycles. The van der Waals surface area contributed by atoms with Crippen molar-refractivity contribution in [3.8, 4) is 5.75 Å². The molecule has 1 amide bonds. The van der Waals surface area contributed by atoms with Gasteiger partial charge in [-0.25, -0.2) is 0 Å². The summed E-state index contributed by atoms with van der Waals surface area (Å²) in [5.74, 6) is -0.159. The number of nitro benzene ring substituents is 1. The summed E-state index contributed by atoms with van der Waals surface area (Å²) in [5, 5.41) is 13.2. The summed E-state index contributed by atoms with van der Waals surface area (Å²) < 4.78 is 4.93. The summed E-state index contributed by atoms with van der Waals surface area (Å²) in [6.45, 7) is 1.69. The van der Waals surface area contributed by atoms with Crippen LogP contribution in [-0.2, 0) is 4.79 Å². The van der Waals surface area contributed by atoms with E-state index in [0.717, 1.165) is 0 Å². The number of methoxy groups -OCH3 is 1. The van der Waals surface area contributed by atoms with E-state index in [1.54, 1.807) is 13.0 Å². The number of hydrogen-bond donors (Lipinski definition) is 1. The Kier molecular flexibility index (Phi) is 3.82. The third-order valence-electron chi connectivity index (χ3n) is 1.99. The summed E-state index contributed by atoms with van der Waals surface area (Å²) in [7, 11) is 1.32. The zero-order valence-electron chi connectivity index (χ0n) is 9.02. The van der Waals surface area contributed by atoms with Crippen LogP contribution in [0.2, 0.25) is 0 Å². The molecule has 0 spiro atoms. The van der Waals surface area contributed by atoms with E-state index in [-0.39, 0.29) is 17.3 Å². The van der Waals surface area contributed by atoms with E-state index in [2.05, 4.69) is 5.32 Å². The molecule has 0 fully saturated rings. The minimum Gasteiger partial charge on any atom is -0.489 e. The molecule has 0 aliphatic carbocycles. The Labute approximate surface area is 92.4 Å². The molecule has 0 aliphatic rings. The van der Waals surface area contributed by atoms with E-state index in [9.17, 15) is 14.9 Å². The minimum absolute atomic E-state index is 0.0642. The number of amides is 1. The number of carbonyl (C=O) groups excluding carboxylic acids is 1. The molecule has 0 unspecified atom stereocenters.